The lowest BCUT2D eigenvalue weighted by molar-refractivity contribution is 0.251. The van der Waals surface area contributed by atoms with Gasteiger partial charge in [0.25, 0.3) is 0 Å². The number of amides is 2. The third kappa shape index (κ3) is 4.78. The van der Waals surface area contributed by atoms with Crippen LogP contribution in [0.2, 0.25) is 0 Å². The maximum Gasteiger partial charge on any atom is 0.319 e. The smallest absolute Gasteiger partial charge is 0.319 e. The third-order valence-corrected chi connectivity index (χ3v) is 6.97. The standard InChI is InChI=1S/C29H27N3O3S/c1-34-21-14-15-26(35-2)24(17-21)31-29(33)30-18-23-22-11-6-7-12-25(22)32(19-20-9-4-3-5-10-20)28(23)27-13-8-16-36-27/h3-17H,18-19H2,1-2H3,(H2,30,31,33). The summed E-state index contributed by atoms with van der Waals surface area (Å²) < 4.78 is 13.0. The van der Waals surface area contributed by atoms with Crippen molar-refractivity contribution in [2.24, 2.45) is 0 Å². The van der Waals surface area contributed by atoms with Crippen LogP contribution in [0.25, 0.3) is 21.5 Å². The Bertz CT molecular complexity index is 1480. The van der Waals surface area contributed by atoms with Crippen LogP contribution < -0.4 is 20.1 Å². The minimum Gasteiger partial charge on any atom is -0.497 e. The lowest BCUT2D eigenvalue weighted by Crippen LogP contribution is -2.28. The number of methoxy groups -OCH3 is 2. The molecular weight excluding hydrogens is 470 g/mol. The Hall–Kier alpha value is -4.23. The van der Waals surface area contributed by atoms with Crippen LogP contribution in [-0.4, -0.2) is 24.8 Å². The van der Waals surface area contributed by atoms with Crippen molar-refractivity contribution >= 4 is 34.0 Å². The van der Waals surface area contributed by atoms with Crippen molar-refractivity contribution in [2.75, 3.05) is 19.5 Å². The molecular formula is C29H27N3O3S. The molecule has 6 nitrogen and oxygen atoms in total. The van der Waals surface area contributed by atoms with Crippen molar-refractivity contribution in [3.05, 3.63) is 101 Å². The molecule has 0 radical (unpaired) electrons. The number of hydrogen-bond donors (Lipinski definition) is 2. The first-order chi connectivity index (χ1) is 17.7. The van der Waals surface area contributed by atoms with Gasteiger partial charge >= 0.3 is 6.03 Å². The molecule has 5 rings (SSSR count). The number of urea groups is 1. The average Bonchev–Trinajstić information content (AvgIpc) is 3.54. The molecule has 0 aliphatic rings. The number of anilines is 1. The van der Waals surface area contributed by atoms with Gasteiger partial charge in [0.2, 0.25) is 0 Å². The fourth-order valence-electron chi connectivity index (χ4n) is 4.43. The van der Waals surface area contributed by atoms with Crippen molar-refractivity contribution in [1.82, 2.24) is 9.88 Å². The van der Waals surface area contributed by atoms with E-state index in [1.54, 1.807) is 43.8 Å². The summed E-state index contributed by atoms with van der Waals surface area (Å²) in [6, 6.07) is 27.9. The second-order valence-electron chi connectivity index (χ2n) is 8.27. The van der Waals surface area contributed by atoms with Gasteiger partial charge in [-0.1, -0.05) is 54.6 Å². The van der Waals surface area contributed by atoms with Crippen molar-refractivity contribution in [3.8, 4) is 22.1 Å². The maximum absolute atomic E-state index is 13.0. The topological polar surface area (TPSA) is 64.5 Å². The molecule has 2 heterocycles. The van der Waals surface area contributed by atoms with Gasteiger partial charge in [-0.25, -0.2) is 4.79 Å². The summed E-state index contributed by atoms with van der Waals surface area (Å²) in [5.41, 5.74) is 5.10. The first-order valence-electron chi connectivity index (χ1n) is 11.6. The number of fused-ring (bicyclic) bond motifs is 1. The SMILES string of the molecule is COc1ccc(OC)c(NC(=O)NCc2c(-c3cccs3)n(Cc3ccccc3)c3ccccc23)c1. The van der Waals surface area contributed by atoms with E-state index in [4.69, 9.17) is 9.47 Å². The Morgan fingerprint density at radius 1 is 0.917 bits per heavy atom. The molecule has 36 heavy (non-hydrogen) atoms. The summed E-state index contributed by atoms with van der Waals surface area (Å²) in [6.07, 6.45) is 0. The van der Waals surface area contributed by atoms with E-state index < -0.39 is 0 Å². The molecule has 2 amide bonds. The Balaban J connectivity index is 1.48. The van der Waals surface area contributed by atoms with Gasteiger partial charge in [0, 0.05) is 35.6 Å². The zero-order valence-corrected chi connectivity index (χ0v) is 21.0. The van der Waals surface area contributed by atoms with Gasteiger partial charge in [-0.3, -0.25) is 0 Å². The number of para-hydroxylation sites is 1. The van der Waals surface area contributed by atoms with Gasteiger partial charge in [-0.15, -0.1) is 11.3 Å². The van der Waals surface area contributed by atoms with Crippen LogP contribution in [0.1, 0.15) is 11.1 Å². The van der Waals surface area contributed by atoms with Gasteiger partial charge in [0.15, 0.2) is 0 Å². The third-order valence-electron chi connectivity index (χ3n) is 6.09. The Kier molecular flexibility index (Phi) is 6.91. The van der Waals surface area contributed by atoms with Gasteiger partial charge in [0.1, 0.15) is 11.5 Å². The number of carbonyl (C=O) groups excluding carboxylic acids is 1. The summed E-state index contributed by atoms with van der Waals surface area (Å²) in [6.45, 7) is 1.11. The number of aromatic nitrogens is 1. The first-order valence-corrected chi connectivity index (χ1v) is 12.5. The van der Waals surface area contributed by atoms with Crippen LogP contribution in [0.3, 0.4) is 0 Å². The minimum absolute atomic E-state index is 0.321. The predicted molar refractivity (Wildman–Crippen MR) is 146 cm³/mol. The van der Waals surface area contributed by atoms with E-state index in [0.29, 0.717) is 23.7 Å². The second-order valence-corrected chi connectivity index (χ2v) is 9.21. The number of carbonyl (C=O) groups is 1. The predicted octanol–water partition coefficient (Wildman–Crippen LogP) is 6.76. The minimum atomic E-state index is -0.321. The largest absolute Gasteiger partial charge is 0.497 e. The molecule has 0 spiro atoms. The lowest BCUT2D eigenvalue weighted by atomic mass is 10.1. The maximum atomic E-state index is 13.0. The molecule has 0 fully saturated rings. The van der Waals surface area contributed by atoms with E-state index in [1.807, 2.05) is 12.1 Å². The Morgan fingerprint density at radius 3 is 2.47 bits per heavy atom. The number of rotatable bonds is 8. The van der Waals surface area contributed by atoms with Crippen LogP contribution >= 0.6 is 11.3 Å². The molecule has 7 heteroatoms. The molecule has 0 bridgehead atoms. The highest BCUT2D eigenvalue weighted by Gasteiger charge is 2.20. The summed E-state index contributed by atoms with van der Waals surface area (Å²) in [7, 11) is 3.16. The number of nitrogens with one attached hydrogen (secondary N) is 2. The molecule has 0 saturated carbocycles. The molecule has 2 N–H and O–H groups in total. The van der Waals surface area contributed by atoms with Crippen LogP contribution in [0, 0.1) is 0 Å². The van der Waals surface area contributed by atoms with E-state index in [-0.39, 0.29) is 6.03 Å². The molecule has 182 valence electrons. The van der Waals surface area contributed by atoms with Crippen molar-refractivity contribution < 1.29 is 14.3 Å². The number of nitrogens with zero attached hydrogens (tertiary/aromatic N) is 1. The summed E-state index contributed by atoms with van der Waals surface area (Å²) in [4.78, 5) is 14.1. The molecule has 0 saturated heterocycles. The van der Waals surface area contributed by atoms with Gasteiger partial charge in [0.05, 0.1) is 30.5 Å². The molecule has 3 aromatic carbocycles. The molecule has 0 atom stereocenters. The molecule has 0 unspecified atom stereocenters. The number of hydrogen-bond acceptors (Lipinski definition) is 4. The van der Waals surface area contributed by atoms with E-state index >= 15 is 0 Å². The van der Waals surface area contributed by atoms with Crippen LogP contribution in [0.4, 0.5) is 10.5 Å². The highest BCUT2D eigenvalue weighted by Crippen LogP contribution is 2.37. The molecule has 2 aromatic heterocycles. The monoisotopic (exact) mass is 497 g/mol. The van der Waals surface area contributed by atoms with Gasteiger partial charge in [-0.05, 0) is 35.2 Å². The number of benzene rings is 3. The zero-order valence-electron chi connectivity index (χ0n) is 20.2. The van der Waals surface area contributed by atoms with Crippen molar-refractivity contribution in [1.29, 1.82) is 0 Å². The highest BCUT2D eigenvalue weighted by molar-refractivity contribution is 7.13. The second kappa shape index (κ2) is 10.6. The zero-order chi connectivity index (χ0) is 24.9. The van der Waals surface area contributed by atoms with Crippen LogP contribution in [0.5, 0.6) is 11.5 Å². The highest BCUT2D eigenvalue weighted by atomic mass is 32.1. The fraction of sp³-hybridized carbons (Fsp3) is 0.138. The number of ether oxygens (including phenoxy) is 2. The Labute approximate surface area is 214 Å². The molecule has 0 aliphatic heterocycles. The van der Waals surface area contributed by atoms with Crippen molar-refractivity contribution in [3.63, 3.8) is 0 Å². The Morgan fingerprint density at radius 2 is 1.72 bits per heavy atom. The first kappa shape index (κ1) is 23.5. The van der Waals surface area contributed by atoms with E-state index in [0.717, 1.165) is 33.6 Å². The normalized spacial score (nSPS) is 10.8. The summed E-state index contributed by atoms with van der Waals surface area (Å²) in [5.74, 6) is 1.19. The van der Waals surface area contributed by atoms with Crippen LogP contribution in [0.15, 0.2) is 90.3 Å². The van der Waals surface area contributed by atoms with Crippen molar-refractivity contribution in [2.45, 2.75) is 13.1 Å². The van der Waals surface area contributed by atoms with Gasteiger partial charge < -0.3 is 24.7 Å². The summed E-state index contributed by atoms with van der Waals surface area (Å²) in [5, 5.41) is 9.15. The van der Waals surface area contributed by atoms with E-state index in [1.165, 1.54) is 5.56 Å². The lowest BCUT2D eigenvalue weighted by Gasteiger charge is -2.14. The van der Waals surface area contributed by atoms with Gasteiger partial charge in [-0.2, -0.15) is 0 Å². The number of thiophene rings is 1. The molecule has 0 aliphatic carbocycles. The van der Waals surface area contributed by atoms with E-state index in [2.05, 4.69) is 75.2 Å². The molecule has 5 aromatic rings. The van der Waals surface area contributed by atoms with Crippen LogP contribution in [-0.2, 0) is 13.1 Å². The average molecular weight is 498 g/mol. The quantitative estimate of drug-likeness (QED) is 0.249. The fourth-order valence-corrected chi connectivity index (χ4v) is 5.23. The summed E-state index contributed by atoms with van der Waals surface area (Å²) >= 11 is 1.70. The van der Waals surface area contributed by atoms with E-state index in [9.17, 15) is 4.79 Å².